The van der Waals surface area contributed by atoms with Crippen LogP contribution in [0.25, 0.3) is 0 Å². The molecule has 6 heteroatoms. The molecule has 0 radical (unpaired) electrons. The van der Waals surface area contributed by atoms with Gasteiger partial charge in [0.25, 0.3) is 0 Å². The van der Waals surface area contributed by atoms with Gasteiger partial charge >= 0.3 is 0 Å². The Morgan fingerprint density at radius 1 is 1.32 bits per heavy atom. The van der Waals surface area contributed by atoms with Crippen LogP contribution >= 0.6 is 24.0 Å². The molecule has 1 rings (SSSR count). The number of halogens is 1. The number of primary amides is 1. The number of nitrogens with zero attached hydrogens (tertiary/aromatic N) is 1. The maximum Gasteiger partial charge on any atom is 0.248 e. The van der Waals surface area contributed by atoms with Gasteiger partial charge < -0.3 is 16.8 Å². The molecule has 0 saturated heterocycles. The summed E-state index contributed by atoms with van der Waals surface area (Å²) in [6.45, 7) is 6.72. The minimum atomic E-state index is -0.437. The van der Waals surface area contributed by atoms with Crippen molar-refractivity contribution in [3.8, 4) is 0 Å². The highest BCUT2D eigenvalue weighted by Crippen LogP contribution is 2.04. The molecule has 0 bridgehead atoms. The lowest BCUT2D eigenvalue weighted by molar-refractivity contribution is 0.100. The maximum absolute atomic E-state index is 10.9. The number of carbonyl (C=O) groups excluding carboxylic acids is 1. The molecule has 0 heterocycles. The number of nitrogens with one attached hydrogen (secondary N) is 1. The maximum atomic E-state index is 10.9. The molecule has 0 unspecified atom stereocenters. The molecular formula is C13H19IN4O. The van der Waals surface area contributed by atoms with Crippen LogP contribution in [0.4, 0.5) is 0 Å². The van der Waals surface area contributed by atoms with Crippen molar-refractivity contribution in [1.82, 2.24) is 5.32 Å². The SMILES string of the molecule is C=C(C)CNC(N)=NCc1ccc(C(N)=O)cc1.I. The van der Waals surface area contributed by atoms with E-state index in [9.17, 15) is 4.79 Å². The van der Waals surface area contributed by atoms with Crippen LogP contribution in [0, 0.1) is 0 Å². The zero-order chi connectivity index (χ0) is 13.5. The smallest absolute Gasteiger partial charge is 0.248 e. The number of rotatable bonds is 5. The Hall–Kier alpha value is -1.57. The fraction of sp³-hybridized carbons (Fsp3) is 0.231. The summed E-state index contributed by atoms with van der Waals surface area (Å²) in [4.78, 5) is 15.1. The molecule has 0 fully saturated rings. The van der Waals surface area contributed by atoms with E-state index in [1.165, 1.54) is 0 Å². The molecule has 1 amide bonds. The van der Waals surface area contributed by atoms with Crippen LogP contribution in [-0.2, 0) is 6.54 Å². The van der Waals surface area contributed by atoms with Crippen molar-refractivity contribution in [3.63, 3.8) is 0 Å². The largest absolute Gasteiger partial charge is 0.370 e. The summed E-state index contributed by atoms with van der Waals surface area (Å²) in [5.74, 6) is -0.0651. The molecule has 0 spiro atoms. The van der Waals surface area contributed by atoms with E-state index in [0.717, 1.165) is 11.1 Å². The second kappa shape index (κ2) is 8.52. The standard InChI is InChI=1S/C13H18N4O.HI/c1-9(2)7-16-13(15)17-8-10-3-5-11(6-4-10)12(14)18;/h3-6H,1,7-8H2,2H3,(H2,14,18)(H3,15,16,17);1H. The molecule has 104 valence electrons. The fourth-order valence-electron chi connectivity index (χ4n) is 1.25. The Kier molecular flexibility index (Phi) is 7.81. The summed E-state index contributed by atoms with van der Waals surface area (Å²) >= 11 is 0. The van der Waals surface area contributed by atoms with Crippen molar-refractivity contribution in [2.24, 2.45) is 16.5 Å². The van der Waals surface area contributed by atoms with E-state index < -0.39 is 5.91 Å². The first-order valence-corrected chi connectivity index (χ1v) is 5.56. The summed E-state index contributed by atoms with van der Waals surface area (Å²) in [6, 6.07) is 6.95. The van der Waals surface area contributed by atoms with Gasteiger partial charge in [-0.15, -0.1) is 24.0 Å². The van der Waals surface area contributed by atoms with Gasteiger partial charge in [-0.3, -0.25) is 4.79 Å². The Morgan fingerprint density at radius 2 is 1.89 bits per heavy atom. The van der Waals surface area contributed by atoms with Crippen LogP contribution in [0.5, 0.6) is 0 Å². The molecule has 1 aromatic rings. The summed E-state index contributed by atoms with van der Waals surface area (Å²) in [5.41, 5.74) is 13.2. The minimum absolute atomic E-state index is 0. The highest BCUT2D eigenvalue weighted by Gasteiger charge is 1.99. The average Bonchev–Trinajstić information content (AvgIpc) is 2.34. The molecule has 0 atom stereocenters. The van der Waals surface area contributed by atoms with Crippen molar-refractivity contribution in [2.45, 2.75) is 13.5 Å². The van der Waals surface area contributed by atoms with Crippen LogP contribution in [0.3, 0.4) is 0 Å². The topological polar surface area (TPSA) is 93.5 Å². The van der Waals surface area contributed by atoms with Gasteiger partial charge in [-0.25, -0.2) is 4.99 Å². The monoisotopic (exact) mass is 374 g/mol. The Bertz CT molecular complexity index is 468. The number of amides is 1. The Labute approximate surface area is 130 Å². The Balaban J connectivity index is 0.00000324. The van der Waals surface area contributed by atoms with E-state index in [1.54, 1.807) is 24.3 Å². The van der Waals surface area contributed by atoms with Crippen LogP contribution < -0.4 is 16.8 Å². The number of hydrogen-bond donors (Lipinski definition) is 3. The first-order chi connectivity index (χ1) is 8.49. The predicted octanol–water partition coefficient (Wildman–Crippen LogP) is 1.38. The number of carbonyl (C=O) groups is 1. The van der Waals surface area contributed by atoms with E-state index in [1.807, 2.05) is 6.92 Å². The van der Waals surface area contributed by atoms with Crippen LogP contribution in [-0.4, -0.2) is 18.4 Å². The van der Waals surface area contributed by atoms with Crippen LogP contribution in [0.15, 0.2) is 41.4 Å². The molecule has 19 heavy (non-hydrogen) atoms. The lowest BCUT2D eigenvalue weighted by Crippen LogP contribution is -2.32. The lowest BCUT2D eigenvalue weighted by Gasteiger charge is -2.05. The van der Waals surface area contributed by atoms with Crippen molar-refractivity contribution >= 4 is 35.8 Å². The molecule has 5 N–H and O–H groups in total. The first-order valence-electron chi connectivity index (χ1n) is 5.56. The lowest BCUT2D eigenvalue weighted by atomic mass is 10.1. The highest BCUT2D eigenvalue weighted by molar-refractivity contribution is 14.0. The fourth-order valence-corrected chi connectivity index (χ4v) is 1.25. The van der Waals surface area contributed by atoms with Gasteiger partial charge in [0.2, 0.25) is 5.91 Å². The quantitative estimate of drug-likeness (QED) is 0.315. The van der Waals surface area contributed by atoms with Crippen LogP contribution in [0.2, 0.25) is 0 Å². The van der Waals surface area contributed by atoms with E-state index >= 15 is 0 Å². The normalized spacial score (nSPS) is 10.5. The third-order valence-corrected chi connectivity index (χ3v) is 2.24. The van der Waals surface area contributed by atoms with Crippen LogP contribution in [0.1, 0.15) is 22.8 Å². The summed E-state index contributed by atoms with van der Waals surface area (Å²) < 4.78 is 0. The third-order valence-electron chi connectivity index (χ3n) is 2.24. The van der Waals surface area contributed by atoms with E-state index in [2.05, 4.69) is 16.9 Å². The second-order valence-corrected chi connectivity index (χ2v) is 4.07. The molecule has 5 nitrogen and oxygen atoms in total. The molecule has 0 aromatic heterocycles. The van der Waals surface area contributed by atoms with Crippen molar-refractivity contribution < 1.29 is 4.79 Å². The Morgan fingerprint density at radius 3 is 2.37 bits per heavy atom. The van der Waals surface area contributed by atoms with Gasteiger partial charge in [-0.05, 0) is 24.6 Å². The van der Waals surface area contributed by atoms with Crippen molar-refractivity contribution in [3.05, 3.63) is 47.5 Å². The molecule has 0 aliphatic heterocycles. The third kappa shape index (κ3) is 6.80. The molecule has 0 saturated carbocycles. The van der Waals surface area contributed by atoms with Gasteiger partial charge in [0.1, 0.15) is 0 Å². The highest BCUT2D eigenvalue weighted by atomic mass is 127. The number of aliphatic imine (C=N–C) groups is 1. The number of benzene rings is 1. The van der Waals surface area contributed by atoms with Gasteiger partial charge in [0, 0.05) is 12.1 Å². The van der Waals surface area contributed by atoms with Crippen molar-refractivity contribution in [1.29, 1.82) is 0 Å². The number of hydrogen-bond acceptors (Lipinski definition) is 2. The summed E-state index contributed by atoms with van der Waals surface area (Å²) in [6.07, 6.45) is 0. The molecule has 1 aromatic carbocycles. The zero-order valence-corrected chi connectivity index (χ0v) is 13.2. The summed E-state index contributed by atoms with van der Waals surface area (Å²) in [7, 11) is 0. The molecule has 0 aliphatic carbocycles. The van der Waals surface area contributed by atoms with Crippen molar-refractivity contribution in [2.75, 3.05) is 6.54 Å². The van der Waals surface area contributed by atoms with E-state index in [4.69, 9.17) is 11.5 Å². The molecule has 0 aliphatic rings. The summed E-state index contributed by atoms with van der Waals surface area (Å²) in [5, 5.41) is 2.94. The second-order valence-electron chi connectivity index (χ2n) is 4.07. The van der Waals surface area contributed by atoms with E-state index in [0.29, 0.717) is 24.6 Å². The average molecular weight is 374 g/mol. The molecular weight excluding hydrogens is 355 g/mol. The van der Waals surface area contributed by atoms with Gasteiger partial charge in [-0.2, -0.15) is 0 Å². The zero-order valence-electron chi connectivity index (χ0n) is 10.8. The van der Waals surface area contributed by atoms with Gasteiger partial charge in [0.15, 0.2) is 5.96 Å². The first kappa shape index (κ1) is 17.4. The number of guanidine groups is 1. The van der Waals surface area contributed by atoms with Gasteiger partial charge in [0.05, 0.1) is 6.54 Å². The predicted molar refractivity (Wildman–Crippen MR) is 88.5 cm³/mol. The van der Waals surface area contributed by atoms with E-state index in [-0.39, 0.29) is 24.0 Å². The minimum Gasteiger partial charge on any atom is -0.370 e. The van der Waals surface area contributed by atoms with Gasteiger partial charge in [-0.1, -0.05) is 24.3 Å². The number of nitrogens with two attached hydrogens (primary N) is 2.